The van der Waals surface area contributed by atoms with Gasteiger partial charge in [0.05, 0.1) is 24.5 Å². The van der Waals surface area contributed by atoms with Gasteiger partial charge in [0.2, 0.25) is 0 Å². The van der Waals surface area contributed by atoms with E-state index in [-0.39, 0.29) is 6.10 Å². The Morgan fingerprint density at radius 3 is 2.60 bits per heavy atom. The van der Waals surface area contributed by atoms with Gasteiger partial charge in [-0.25, -0.2) is 4.68 Å². The van der Waals surface area contributed by atoms with E-state index in [0.29, 0.717) is 16.5 Å². The van der Waals surface area contributed by atoms with Crippen molar-refractivity contribution in [3.8, 4) is 11.5 Å². The summed E-state index contributed by atoms with van der Waals surface area (Å²) >= 11 is 6.22. The molecule has 1 heterocycles. The number of hydrogen-bond acceptors (Lipinski definition) is 5. The van der Waals surface area contributed by atoms with Gasteiger partial charge in [-0.15, -0.1) is 10.2 Å². The summed E-state index contributed by atoms with van der Waals surface area (Å²) in [6.07, 6.45) is 4.63. The molecule has 7 heteroatoms. The predicted molar refractivity (Wildman–Crippen MR) is 76.8 cm³/mol. The van der Waals surface area contributed by atoms with E-state index in [1.807, 2.05) is 13.8 Å². The lowest BCUT2D eigenvalue weighted by molar-refractivity contribution is 0.230. The molecule has 0 aliphatic carbocycles. The highest BCUT2D eigenvalue weighted by atomic mass is 35.5. The van der Waals surface area contributed by atoms with Gasteiger partial charge in [0.25, 0.3) is 0 Å². The molecule has 0 aliphatic heterocycles. The van der Waals surface area contributed by atoms with Crippen LogP contribution in [0.1, 0.15) is 19.4 Å². The molecule has 0 saturated heterocycles. The van der Waals surface area contributed by atoms with Crippen LogP contribution in [0.2, 0.25) is 5.02 Å². The fourth-order valence-corrected chi connectivity index (χ4v) is 1.82. The number of hydrogen-bond donors (Lipinski definition) is 0. The van der Waals surface area contributed by atoms with Crippen molar-refractivity contribution in [3.05, 3.63) is 35.4 Å². The van der Waals surface area contributed by atoms with Crippen LogP contribution >= 0.6 is 11.6 Å². The summed E-state index contributed by atoms with van der Waals surface area (Å²) in [6.45, 7) is 3.86. The molecule has 20 heavy (non-hydrogen) atoms. The Kier molecular flexibility index (Phi) is 4.57. The van der Waals surface area contributed by atoms with Gasteiger partial charge in [0, 0.05) is 0 Å². The average Bonchev–Trinajstić information content (AvgIpc) is 2.91. The third kappa shape index (κ3) is 3.48. The van der Waals surface area contributed by atoms with Gasteiger partial charge in [-0.2, -0.15) is 5.10 Å². The number of nitrogens with zero attached hydrogens (tertiary/aromatic N) is 4. The van der Waals surface area contributed by atoms with E-state index in [4.69, 9.17) is 21.1 Å². The first-order valence-electron chi connectivity index (χ1n) is 6.03. The molecule has 1 aromatic carbocycles. The van der Waals surface area contributed by atoms with Gasteiger partial charge >= 0.3 is 0 Å². The summed E-state index contributed by atoms with van der Waals surface area (Å²) in [5.74, 6) is 1.10. The quantitative estimate of drug-likeness (QED) is 0.795. The van der Waals surface area contributed by atoms with E-state index in [1.165, 1.54) is 17.3 Å². The fourth-order valence-electron chi connectivity index (χ4n) is 1.55. The zero-order valence-electron chi connectivity index (χ0n) is 11.4. The molecule has 0 saturated carbocycles. The molecular weight excluding hydrogens is 280 g/mol. The van der Waals surface area contributed by atoms with Crippen molar-refractivity contribution in [3.63, 3.8) is 0 Å². The van der Waals surface area contributed by atoms with Gasteiger partial charge in [0.15, 0.2) is 11.5 Å². The minimum absolute atomic E-state index is 0.0120. The van der Waals surface area contributed by atoms with Crippen molar-refractivity contribution >= 4 is 17.8 Å². The number of benzene rings is 1. The van der Waals surface area contributed by atoms with Crippen LogP contribution in [0.15, 0.2) is 29.9 Å². The molecule has 0 amide bonds. The van der Waals surface area contributed by atoms with E-state index in [1.54, 1.807) is 25.5 Å². The molecule has 0 N–H and O–H groups in total. The molecule has 0 spiro atoms. The van der Waals surface area contributed by atoms with Crippen molar-refractivity contribution in [2.24, 2.45) is 5.10 Å². The SMILES string of the molecule is COc1cc(C=Nn2cnnc2)cc(Cl)c1OC(C)C. The third-order valence-corrected chi connectivity index (χ3v) is 2.63. The minimum Gasteiger partial charge on any atom is -0.493 e. The van der Waals surface area contributed by atoms with Gasteiger partial charge in [-0.3, -0.25) is 0 Å². The highest BCUT2D eigenvalue weighted by Gasteiger charge is 2.12. The Morgan fingerprint density at radius 2 is 2.00 bits per heavy atom. The Bertz CT molecular complexity index is 597. The van der Waals surface area contributed by atoms with Crippen LogP contribution in [-0.4, -0.2) is 34.3 Å². The van der Waals surface area contributed by atoms with Gasteiger partial charge < -0.3 is 9.47 Å². The Morgan fingerprint density at radius 1 is 1.30 bits per heavy atom. The number of aromatic nitrogens is 3. The molecule has 2 rings (SSSR count). The lowest BCUT2D eigenvalue weighted by Crippen LogP contribution is -2.07. The Labute approximate surface area is 122 Å². The first-order chi connectivity index (χ1) is 9.60. The summed E-state index contributed by atoms with van der Waals surface area (Å²) in [6, 6.07) is 3.56. The van der Waals surface area contributed by atoms with Crippen molar-refractivity contribution in [2.45, 2.75) is 20.0 Å². The van der Waals surface area contributed by atoms with Crippen molar-refractivity contribution < 1.29 is 9.47 Å². The molecule has 0 atom stereocenters. The number of ether oxygens (including phenoxy) is 2. The van der Waals surface area contributed by atoms with E-state index in [9.17, 15) is 0 Å². The first-order valence-corrected chi connectivity index (χ1v) is 6.41. The van der Waals surface area contributed by atoms with Crippen LogP contribution in [0.25, 0.3) is 0 Å². The predicted octanol–water partition coefficient (Wildman–Crippen LogP) is 2.61. The molecule has 1 aromatic heterocycles. The zero-order valence-corrected chi connectivity index (χ0v) is 12.2. The second-order valence-electron chi connectivity index (χ2n) is 4.29. The molecule has 0 bridgehead atoms. The van der Waals surface area contributed by atoms with E-state index < -0.39 is 0 Å². The fraction of sp³-hybridized carbons (Fsp3) is 0.308. The summed E-state index contributed by atoms with van der Waals surface area (Å²) in [4.78, 5) is 0. The molecule has 6 nitrogen and oxygen atoms in total. The highest BCUT2D eigenvalue weighted by Crippen LogP contribution is 2.36. The van der Waals surface area contributed by atoms with Gasteiger partial charge in [0.1, 0.15) is 12.7 Å². The normalized spacial score (nSPS) is 11.2. The van der Waals surface area contributed by atoms with Crippen LogP contribution < -0.4 is 9.47 Å². The molecule has 0 aliphatic rings. The number of halogens is 1. The Hall–Kier alpha value is -2.08. The van der Waals surface area contributed by atoms with Crippen LogP contribution in [0.3, 0.4) is 0 Å². The maximum Gasteiger partial charge on any atom is 0.180 e. The van der Waals surface area contributed by atoms with Crippen LogP contribution in [0.5, 0.6) is 11.5 Å². The maximum atomic E-state index is 6.22. The molecule has 0 unspecified atom stereocenters. The summed E-state index contributed by atoms with van der Waals surface area (Å²) in [5, 5.41) is 12.0. The highest BCUT2D eigenvalue weighted by molar-refractivity contribution is 6.32. The molecule has 0 radical (unpaired) electrons. The summed E-state index contributed by atoms with van der Waals surface area (Å²) in [5.41, 5.74) is 0.789. The van der Waals surface area contributed by atoms with E-state index >= 15 is 0 Å². The van der Waals surface area contributed by atoms with E-state index in [2.05, 4.69) is 15.3 Å². The zero-order chi connectivity index (χ0) is 14.5. The molecule has 106 valence electrons. The van der Waals surface area contributed by atoms with Crippen molar-refractivity contribution in [1.29, 1.82) is 0 Å². The maximum absolute atomic E-state index is 6.22. The van der Waals surface area contributed by atoms with Crippen molar-refractivity contribution in [2.75, 3.05) is 7.11 Å². The van der Waals surface area contributed by atoms with Crippen molar-refractivity contribution in [1.82, 2.24) is 14.9 Å². The molecule has 2 aromatic rings. The monoisotopic (exact) mass is 294 g/mol. The number of methoxy groups -OCH3 is 1. The van der Waals surface area contributed by atoms with Gasteiger partial charge in [-0.1, -0.05) is 11.6 Å². The Balaban J connectivity index is 2.30. The molecular formula is C13H15ClN4O2. The lowest BCUT2D eigenvalue weighted by Gasteiger charge is -2.15. The second kappa shape index (κ2) is 6.38. The third-order valence-electron chi connectivity index (χ3n) is 2.35. The first kappa shape index (κ1) is 14.3. The lowest BCUT2D eigenvalue weighted by atomic mass is 10.2. The standard InChI is InChI=1S/C13H15ClN4O2/c1-9(2)20-13-11(14)4-10(5-12(13)19-3)6-17-18-7-15-16-8-18/h4-9H,1-3H3. The smallest absolute Gasteiger partial charge is 0.180 e. The topological polar surface area (TPSA) is 61.5 Å². The average molecular weight is 295 g/mol. The van der Waals surface area contributed by atoms with Gasteiger partial charge in [-0.05, 0) is 31.5 Å². The molecule has 0 fully saturated rings. The van der Waals surface area contributed by atoms with E-state index in [0.717, 1.165) is 5.56 Å². The largest absolute Gasteiger partial charge is 0.493 e. The number of rotatable bonds is 5. The summed E-state index contributed by atoms with van der Waals surface area (Å²) < 4.78 is 12.4. The second-order valence-corrected chi connectivity index (χ2v) is 4.69. The van der Waals surface area contributed by atoms with Crippen LogP contribution in [-0.2, 0) is 0 Å². The van der Waals surface area contributed by atoms with Crippen LogP contribution in [0.4, 0.5) is 0 Å². The summed E-state index contributed by atoms with van der Waals surface area (Å²) in [7, 11) is 1.57. The van der Waals surface area contributed by atoms with Crippen LogP contribution in [0, 0.1) is 0 Å². The minimum atomic E-state index is 0.0120.